The first-order valence-corrected chi connectivity index (χ1v) is 9.47. The van der Waals surface area contributed by atoms with Gasteiger partial charge in [-0.3, -0.25) is 0 Å². The standard InChI is InChI=1S/C21H21B3O5/c1-16-4-6-17(7-5-16)22-27-23(18-8-12-20(25-2)13-9-18)29-24(28-22)19-10-14-21(26-3)15-11-19/h4-15H,1-3H3. The number of rotatable bonds is 5. The Morgan fingerprint density at radius 1 is 0.517 bits per heavy atom. The van der Waals surface area contributed by atoms with E-state index in [4.69, 9.17) is 23.2 Å². The highest BCUT2D eigenvalue weighted by Gasteiger charge is 2.43. The second-order valence-electron chi connectivity index (χ2n) is 6.86. The highest BCUT2D eigenvalue weighted by atomic mass is 16.7. The molecule has 0 aliphatic carbocycles. The number of ether oxygens (including phenoxy) is 2. The van der Waals surface area contributed by atoms with Gasteiger partial charge in [-0.2, -0.15) is 0 Å². The van der Waals surface area contributed by atoms with Crippen molar-refractivity contribution in [3.8, 4) is 11.5 Å². The number of benzene rings is 3. The third-order valence-electron chi connectivity index (χ3n) is 4.87. The van der Waals surface area contributed by atoms with Gasteiger partial charge in [-0.1, -0.05) is 54.1 Å². The molecule has 0 amide bonds. The van der Waals surface area contributed by atoms with Gasteiger partial charge in [0.2, 0.25) is 0 Å². The van der Waals surface area contributed by atoms with Crippen LogP contribution in [-0.2, 0) is 13.7 Å². The minimum atomic E-state index is -0.576. The molecule has 0 spiro atoms. The van der Waals surface area contributed by atoms with Crippen molar-refractivity contribution in [3.05, 3.63) is 78.4 Å². The summed E-state index contributed by atoms with van der Waals surface area (Å²) in [7, 11) is 1.58. The quantitative estimate of drug-likeness (QED) is 0.624. The summed E-state index contributed by atoms with van der Waals surface area (Å²) in [6.45, 7) is 2.05. The van der Waals surface area contributed by atoms with Gasteiger partial charge in [-0.05, 0) is 47.6 Å². The fourth-order valence-corrected chi connectivity index (χ4v) is 3.15. The van der Waals surface area contributed by atoms with Gasteiger partial charge in [0.15, 0.2) is 0 Å². The zero-order chi connectivity index (χ0) is 20.2. The van der Waals surface area contributed by atoms with Crippen LogP contribution in [0.25, 0.3) is 0 Å². The minimum Gasteiger partial charge on any atom is -0.497 e. The minimum absolute atomic E-state index is 0.552. The van der Waals surface area contributed by atoms with Crippen molar-refractivity contribution in [1.82, 2.24) is 0 Å². The summed E-state index contributed by atoms with van der Waals surface area (Å²) in [6.07, 6.45) is 0. The molecule has 8 heteroatoms. The topological polar surface area (TPSA) is 46.2 Å². The van der Waals surface area contributed by atoms with Crippen molar-refractivity contribution in [2.24, 2.45) is 0 Å². The van der Waals surface area contributed by atoms with E-state index in [0.29, 0.717) is 0 Å². The lowest BCUT2D eigenvalue weighted by Gasteiger charge is -2.31. The second kappa shape index (κ2) is 8.78. The van der Waals surface area contributed by atoms with Crippen molar-refractivity contribution in [2.75, 3.05) is 14.2 Å². The molecule has 1 fully saturated rings. The monoisotopic (exact) mass is 386 g/mol. The first kappa shape index (κ1) is 19.6. The Hall–Kier alpha value is -2.67. The van der Waals surface area contributed by atoms with Crippen LogP contribution in [0.2, 0.25) is 0 Å². The van der Waals surface area contributed by atoms with Crippen LogP contribution >= 0.6 is 0 Å². The van der Waals surface area contributed by atoms with E-state index in [0.717, 1.165) is 27.9 Å². The van der Waals surface area contributed by atoms with Crippen LogP contribution < -0.4 is 25.9 Å². The molecular formula is C21H21B3O5. The fourth-order valence-electron chi connectivity index (χ4n) is 3.15. The van der Waals surface area contributed by atoms with Crippen LogP contribution in [-0.4, -0.2) is 35.6 Å². The summed E-state index contributed by atoms with van der Waals surface area (Å²) in [5.41, 5.74) is 3.91. The molecule has 0 aromatic heterocycles. The van der Waals surface area contributed by atoms with Gasteiger partial charge >= 0.3 is 21.4 Å². The molecule has 1 aliphatic rings. The number of aryl methyl sites for hydroxylation is 1. The Balaban J connectivity index is 1.64. The molecule has 5 nitrogen and oxygen atoms in total. The number of hydrogen-bond acceptors (Lipinski definition) is 5. The smallest absolute Gasteiger partial charge is 0.467 e. The first-order chi connectivity index (χ1) is 14.2. The molecule has 29 heavy (non-hydrogen) atoms. The summed E-state index contributed by atoms with van der Waals surface area (Å²) in [5, 5.41) is 0. The van der Waals surface area contributed by atoms with Crippen LogP contribution in [0.3, 0.4) is 0 Å². The third kappa shape index (κ3) is 4.51. The van der Waals surface area contributed by atoms with E-state index < -0.39 is 21.4 Å². The Morgan fingerprint density at radius 2 is 0.828 bits per heavy atom. The number of methoxy groups -OCH3 is 2. The summed E-state index contributed by atoms with van der Waals surface area (Å²) >= 11 is 0. The number of hydrogen-bond donors (Lipinski definition) is 0. The maximum atomic E-state index is 6.16. The van der Waals surface area contributed by atoms with Crippen molar-refractivity contribution >= 4 is 37.7 Å². The van der Waals surface area contributed by atoms with Gasteiger partial charge in [0.25, 0.3) is 0 Å². The second-order valence-corrected chi connectivity index (χ2v) is 6.86. The molecule has 1 aliphatic heterocycles. The predicted octanol–water partition coefficient (Wildman–Crippen LogP) is 1.56. The van der Waals surface area contributed by atoms with Crippen molar-refractivity contribution < 1.29 is 23.2 Å². The van der Waals surface area contributed by atoms with Gasteiger partial charge < -0.3 is 23.2 Å². The van der Waals surface area contributed by atoms with Gasteiger partial charge in [0, 0.05) is 0 Å². The van der Waals surface area contributed by atoms with E-state index in [1.165, 1.54) is 5.56 Å². The Labute approximate surface area is 172 Å². The molecule has 3 aromatic rings. The zero-order valence-electron chi connectivity index (χ0n) is 16.7. The zero-order valence-corrected chi connectivity index (χ0v) is 16.7. The molecule has 0 bridgehead atoms. The third-order valence-corrected chi connectivity index (χ3v) is 4.87. The molecular weight excluding hydrogens is 365 g/mol. The normalized spacial score (nSPS) is 14.1. The molecule has 0 unspecified atom stereocenters. The van der Waals surface area contributed by atoms with Gasteiger partial charge in [-0.15, -0.1) is 0 Å². The maximum Gasteiger partial charge on any atom is 0.467 e. The van der Waals surface area contributed by atoms with Crippen molar-refractivity contribution in [3.63, 3.8) is 0 Å². The Morgan fingerprint density at radius 3 is 1.14 bits per heavy atom. The van der Waals surface area contributed by atoms with Gasteiger partial charge in [0.1, 0.15) is 11.5 Å². The van der Waals surface area contributed by atoms with E-state index in [2.05, 4.69) is 6.92 Å². The summed E-state index contributed by atoms with van der Waals surface area (Å²) < 4.78 is 29.0. The molecule has 0 radical (unpaired) electrons. The van der Waals surface area contributed by atoms with E-state index in [1.807, 2.05) is 72.8 Å². The lowest BCUT2D eigenvalue weighted by atomic mass is 9.61. The van der Waals surface area contributed by atoms with Crippen LogP contribution in [0, 0.1) is 6.92 Å². The van der Waals surface area contributed by atoms with E-state index in [-0.39, 0.29) is 0 Å². The average Bonchev–Trinajstić information content (AvgIpc) is 2.79. The molecule has 144 valence electrons. The van der Waals surface area contributed by atoms with Crippen molar-refractivity contribution in [1.29, 1.82) is 0 Å². The first-order valence-electron chi connectivity index (χ1n) is 9.47. The van der Waals surface area contributed by atoms with Crippen LogP contribution in [0.1, 0.15) is 5.56 Å². The lowest BCUT2D eigenvalue weighted by molar-refractivity contribution is 0.308. The van der Waals surface area contributed by atoms with Crippen LogP contribution in [0.15, 0.2) is 72.8 Å². The molecule has 1 saturated heterocycles. The largest absolute Gasteiger partial charge is 0.497 e. The van der Waals surface area contributed by atoms with Crippen LogP contribution in [0.4, 0.5) is 0 Å². The summed E-state index contributed by atoms with van der Waals surface area (Å²) in [6, 6.07) is 23.4. The molecule has 0 saturated carbocycles. The summed E-state index contributed by atoms with van der Waals surface area (Å²) in [4.78, 5) is 0. The SMILES string of the molecule is COc1ccc(B2OB(c3ccc(C)cc3)OB(c3ccc(OC)cc3)O2)cc1. The van der Waals surface area contributed by atoms with Crippen molar-refractivity contribution in [2.45, 2.75) is 6.92 Å². The van der Waals surface area contributed by atoms with E-state index >= 15 is 0 Å². The lowest BCUT2D eigenvalue weighted by Crippen LogP contribution is -2.61. The van der Waals surface area contributed by atoms with Gasteiger partial charge in [0.05, 0.1) is 14.2 Å². The fraction of sp³-hybridized carbons (Fsp3) is 0.143. The molecule has 0 N–H and O–H groups in total. The summed E-state index contributed by atoms with van der Waals surface area (Å²) in [5.74, 6) is 1.56. The van der Waals surface area contributed by atoms with Gasteiger partial charge in [-0.25, -0.2) is 0 Å². The Bertz CT molecular complexity index is 877. The predicted molar refractivity (Wildman–Crippen MR) is 117 cm³/mol. The maximum absolute atomic E-state index is 6.16. The molecule has 3 aromatic carbocycles. The van der Waals surface area contributed by atoms with Crippen LogP contribution in [0.5, 0.6) is 11.5 Å². The Kier molecular flexibility index (Phi) is 5.95. The average molecular weight is 386 g/mol. The molecule has 0 atom stereocenters. The van der Waals surface area contributed by atoms with E-state index in [9.17, 15) is 0 Å². The molecule has 1 heterocycles. The van der Waals surface area contributed by atoms with E-state index in [1.54, 1.807) is 14.2 Å². The molecule has 4 rings (SSSR count). The highest BCUT2D eigenvalue weighted by Crippen LogP contribution is 2.14. The highest BCUT2D eigenvalue weighted by molar-refractivity contribution is 6.87.